The molecule has 0 saturated heterocycles. The number of rotatable bonds is 2. The molecule has 0 spiro atoms. The number of hydrogen-bond acceptors (Lipinski definition) is 3. The molecular formula is C7H9ClFNO3S. The molecule has 1 aromatic carbocycles. The van der Waals surface area contributed by atoms with Crippen LogP contribution in [0, 0.1) is 0 Å². The fourth-order valence-electron chi connectivity index (χ4n) is 0.979. The summed E-state index contributed by atoms with van der Waals surface area (Å²) in [5.41, 5.74) is 5.52. The van der Waals surface area contributed by atoms with Gasteiger partial charge in [-0.15, -0.1) is 0 Å². The van der Waals surface area contributed by atoms with Crippen LogP contribution >= 0.6 is 11.6 Å². The van der Waals surface area contributed by atoms with Crippen molar-refractivity contribution < 1.29 is 17.7 Å². The molecule has 1 rings (SSSR count). The molecule has 0 amide bonds. The van der Waals surface area contributed by atoms with Crippen molar-refractivity contribution in [1.29, 1.82) is 0 Å². The molecule has 80 valence electrons. The summed E-state index contributed by atoms with van der Waals surface area (Å²) in [7, 11) is -4.23. The van der Waals surface area contributed by atoms with E-state index in [2.05, 4.69) is 0 Å². The Morgan fingerprint density at radius 1 is 1.43 bits per heavy atom. The first kappa shape index (κ1) is 13.3. The normalized spacial score (nSPS) is 10.8. The summed E-state index contributed by atoms with van der Waals surface area (Å²) in [5, 5.41) is 0.234. The summed E-state index contributed by atoms with van der Waals surface area (Å²) in [6.45, 7) is -0.0329. The maximum atomic E-state index is 10.8. The van der Waals surface area contributed by atoms with E-state index in [1.54, 1.807) is 0 Å². The third-order valence-corrected chi connectivity index (χ3v) is 2.85. The van der Waals surface area contributed by atoms with E-state index in [4.69, 9.17) is 21.9 Å². The van der Waals surface area contributed by atoms with Crippen LogP contribution in [-0.2, 0) is 16.7 Å². The quantitative estimate of drug-likeness (QED) is 0.763. The Hall–Kier alpha value is -0.690. The van der Waals surface area contributed by atoms with E-state index in [9.17, 15) is 8.42 Å². The molecule has 0 aromatic heterocycles. The lowest BCUT2D eigenvalue weighted by molar-refractivity contribution is 0.482. The Bertz CT molecular complexity index is 421. The van der Waals surface area contributed by atoms with Gasteiger partial charge < -0.3 is 5.73 Å². The van der Waals surface area contributed by atoms with Crippen molar-refractivity contribution in [3.63, 3.8) is 0 Å². The average Bonchev–Trinajstić information content (AvgIpc) is 2.02. The van der Waals surface area contributed by atoms with Gasteiger partial charge in [-0.2, -0.15) is 8.42 Å². The van der Waals surface area contributed by atoms with Crippen molar-refractivity contribution >= 4 is 21.7 Å². The number of nitrogens with two attached hydrogens (primary N) is 1. The van der Waals surface area contributed by atoms with Gasteiger partial charge in [0.2, 0.25) is 0 Å². The summed E-state index contributed by atoms with van der Waals surface area (Å²) in [4.78, 5) is -0.234. The maximum Gasteiger partial charge on any atom is 0.294 e. The first-order valence-electron chi connectivity index (χ1n) is 3.41. The second kappa shape index (κ2) is 4.70. The summed E-state index contributed by atoms with van der Waals surface area (Å²) >= 11 is 5.68. The van der Waals surface area contributed by atoms with E-state index in [0.29, 0.717) is 0 Å². The van der Waals surface area contributed by atoms with Crippen LogP contribution in [-0.4, -0.2) is 13.0 Å². The van der Waals surface area contributed by atoms with Crippen LogP contribution in [0.4, 0.5) is 4.70 Å². The highest BCUT2D eigenvalue weighted by molar-refractivity contribution is 7.85. The zero-order valence-corrected chi connectivity index (χ0v) is 8.55. The Labute approximate surface area is 85.8 Å². The Morgan fingerprint density at radius 3 is 2.36 bits per heavy atom. The Balaban J connectivity index is 0.00000169. The van der Waals surface area contributed by atoms with Gasteiger partial charge >= 0.3 is 0 Å². The van der Waals surface area contributed by atoms with Gasteiger partial charge in [0.05, 0.1) is 4.90 Å². The lowest BCUT2D eigenvalue weighted by Crippen LogP contribution is -2.07. The Kier molecular flexibility index (Phi) is 4.47. The van der Waals surface area contributed by atoms with Gasteiger partial charge in [0, 0.05) is 17.1 Å². The van der Waals surface area contributed by atoms with Gasteiger partial charge in [-0.3, -0.25) is 9.26 Å². The van der Waals surface area contributed by atoms with Crippen molar-refractivity contribution in [3.05, 3.63) is 28.8 Å². The van der Waals surface area contributed by atoms with E-state index < -0.39 is 10.1 Å². The van der Waals surface area contributed by atoms with Crippen molar-refractivity contribution in [2.45, 2.75) is 11.4 Å². The molecule has 3 N–H and O–H groups in total. The lowest BCUT2D eigenvalue weighted by atomic mass is 10.2. The summed E-state index contributed by atoms with van der Waals surface area (Å²) in [6.07, 6.45) is 0. The summed E-state index contributed by atoms with van der Waals surface area (Å²) < 4.78 is 30.4. The molecule has 0 aliphatic heterocycles. The molecule has 0 aliphatic carbocycles. The second-order valence-electron chi connectivity index (χ2n) is 2.40. The monoisotopic (exact) mass is 241 g/mol. The number of benzene rings is 1. The van der Waals surface area contributed by atoms with Crippen molar-refractivity contribution in [1.82, 2.24) is 0 Å². The molecule has 0 heterocycles. The SMILES string of the molecule is F.NCc1c(Cl)cccc1S(=O)(=O)O. The predicted molar refractivity (Wildman–Crippen MR) is 51.7 cm³/mol. The third-order valence-electron chi connectivity index (χ3n) is 1.56. The lowest BCUT2D eigenvalue weighted by Gasteiger charge is -2.05. The largest absolute Gasteiger partial charge is 0.326 e. The van der Waals surface area contributed by atoms with E-state index >= 15 is 0 Å². The molecule has 0 unspecified atom stereocenters. The summed E-state index contributed by atoms with van der Waals surface area (Å²) in [5.74, 6) is 0. The molecular weight excluding hydrogens is 233 g/mol. The number of halogens is 2. The molecule has 4 nitrogen and oxygen atoms in total. The zero-order chi connectivity index (χ0) is 10.1. The second-order valence-corrected chi connectivity index (χ2v) is 4.19. The fourth-order valence-corrected chi connectivity index (χ4v) is 2.04. The molecule has 14 heavy (non-hydrogen) atoms. The summed E-state index contributed by atoms with van der Waals surface area (Å²) in [6, 6.07) is 4.20. The van der Waals surface area contributed by atoms with Gasteiger partial charge in [-0.1, -0.05) is 17.7 Å². The van der Waals surface area contributed by atoms with Gasteiger partial charge in [-0.25, -0.2) is 0 Å². The average molecular weight is 242 g/mol. The van der Waals surface area contributed by atoms with Crippen LogP contribution in [0.1, 0.15) is 5.56 Å². The van der Waals surface area contributed by atoms with E-state index in [1.807, 2.05) is 0 Å². The van der Waals surface area contributed by atoms with Crippen LogP contribution in [0.3, 0.4) is 0 Å². The van der Waals surface area contributed by atoms with Crippen molar-refractivity contribution in [2.75, 3.05) is 0 Å². The third kappa shape index (κ3) is 2.65. The molecule has 0 atom stereocenters. The number of hydrogen-bond donors (Lipinski definition) is 2. The molecule has 0 bridgehead atoms. The highest BCUT2D eigenvalue weighted by Crippen LogP contribution is 2.22. The maximum absolute atomic E-state index is 10.8. The minimum Gasteiger partial charge on any atom is -0.326 e. The molecule has 1 aromatic rings. The van der Waals surface area contributed by atoms with E-state index in [-0.39, 0.29) is 26.7 Å². The fraction of sp³-hybridized carbons (Fsp3) is 0.143. The van der Waals surface area contributed by atoms with Crippen molar-refractivity contribution in [2.24, 2.45) is 5.73 Å². The Morgan fingerprint density at radius 2 is 2.00 bits per heavy atom. The molecule has 0 radical (unpaired) electrons. The van der Waals surface area contributed by atoms with E-state index in [0.717, 1.165) is 0 Å². The van der Waals surface area contributed by atoms with Crippen LogP contribution < -0.4 is 5.73 Å². The minimum atomic E-state index is -4.23. The highest BCUT2D eigenvalue weighted by Gasteiger charge is 2.15. The van der Waals surface area contributed by atoms with Crippen LogP contribution in [0.5, 0.6) is 0 Å². The van der Waals surface area contributed by atoms with Gasteiger partial charge in [0.25, 0.3) is 10.1 Å². The predicted octanol–water partition coefficient (Wildman–Crippen LogP) is 1.20. The smallest absolute Gasteiger partial charge is 0.294 e. The minimum absolute atomic E-state index is 0. The first-order valence-corrected chi connectivity index (χ1v) is 5.23. The standard InChI is InChI=1S/C7H8ClNO3S.FH/c8-6-2-1-3-7(5(6)4-9)13(10,11)12;/h1-3H,4,9H2,(H,10,11,12);1H. The van der Waals surface area contributed by atoms with Crippen molar-refractivity contribution in [3.8, 4) is 0 Å². The molecule has 0 saturated carbocycles. The van der Waals surface area contributed by atoms with Gasteiger partial charge in [-0.05, 0) is 12.1 Å². The zero-order valence-electron chi connectivity index (χ0n) is 6.97. The molecule has 0 fully saturated rings. The van der Waals surface area contributed by atoms with Crippen LogP contribution in [0.15, 0.2) is 23.1 Å². The van der Waals surface area contributed by atoms with Gasteiger partial charge in [0.15, 0.2) is 0 Å². The van der Waals surface area contributed by atoms with E-state index in [1.165, 1.54) is 18.2 Å². The first-order chi connectivity index (χ1) is 5.96. The topological polar surface area (TPSA) is 80.4 Å². The van der Waals surface area contributed by atoms with Crippen LogP contribution in [0.25, 0.3) is 0 Å². The molecule has 7 heteroatoms. The molecule has 0 aliphatic rings. The van der Waals surface area contributed by atoms with Crippen LogP contribution in [0.2, 0.25) is 5.02 Å². The van der Waals surface area contributed by atoms with Gasteiger partial charge in [0.1, 0.15) is 0 Å². The highest BCUT2D eigenvalue weighted by atomic mass is 35.5.